The first-order valence-electron chi connectivity index (χ1n) is 7.92. The van der Waals surface area contributed by atoms with Crippen molar-refractivity contribution in [1.82, 2.24) is 0 Å². The Morgan fingerprint density at radius 3 is 2.38 bits per heavy atom. The average Bonchev–Trinajstić information content (AvgIpc) is 2.53. The number of anilines is 1. The zero-order valence-corrected chi connectivity index (χ0v) is 14.4. The van der Waals surface area contributed by atoms with E-state index < -0.39 is 0 Å². The maximum Gasteiger partial charge on any atom is 0.125 e. The third-order valence-electron chi connectivity index (χ3n) is 4.09. The fraction of sp³-hybridized carbons (Fsp3) is 0.200. The largest absolute Gasteiger partial charge is 0.507 e. The molecule has 3 rings (SSSR count). The minimum atomic E-state index is 0.219. The summed E-state index contributed by atoms with van der Waals surface area (Å²) in [5, 5.41) is 24.1. The molecule has 0 saturated carbocycles. The van der Waals surface area contributed by atoms with Gasteiger partial charge in [-0.25, -0.2) is 0 Å². The van der Waals surface area contributed by atoms with E-state index in [9.17, 15) is 5.11 Å². The van der Waals surface area contributed by atoms with Gasteiger partial charge in [0.15, 0.2) is 0 Å². The fourth-order valence-corrected chi connectivity index (χ4v) is 2.90. The third kappa shape index (κ3) is 2.95. The van der Waals surface area contributed by atoms with Crippen molar-refractivity contribution in [3.63, 3.8) is 0 Å². The Morgan fingerprint density at radius 1 is 0.875 bits per heavy atom. The second-order valence-electron chi connectivity index (χ2n) is 6.08. The molecule has 0 bridgehead atoms. The van der Waals surface area contributed by atoms with Crippen LogP contribution in [0.3, 0.4) is 0 Å². The van der Waals surface area contributed by atoms with Crippen molar-refractivity contribution in [1.29, 1.82) is 0 Å². The number of nitrogens with zero attached hydrogens (tertiary/aromatic N) is 2. The molecule has 0 aliphatic heterocycles. The van der Waals surface area contributed by atoms with Crippen molar-refractivity contribution in [3.8, 4) is 5.75 Å². The van der Waals surface area contributed by atoms with Gasteiger partial charge in [-0.2, -0.15) is 5.11 Å². The van der Waals surface area contributed by atoms with Gasteiger partial charge in [-0.15, -0.1) is 5.11 Å². The zero-order valence-electron chi connectivity index (χ0n) is 14.4. The molecule has 2 N–H and O–H groups in total. The molecule has 0 aliphatic rings. The topological polar surface area (TPSA) is 57.0 Å². The van der Waals surface area contributed by atoms with Gasteiger partial charge >= 0.3 is 0 Å². The first-order valence-corrected chi connectivity index (χ1v) is 7.92. The highest BCUT2D eigenvalue weighted by atomic mass is 16.3. The van der Waals surface area contributed by atoms with Crippen molar-refractivity contribution in [3.05, 3.63) is 59.2 Å². The number of rotatable bonds is 3. The molecule has 24 heavy (non-hydrogen) atoms. The van der Waals surface area contributed by atoms with E-state index in [1.807, 2.05) is 51.2 Å². The van der Waals surface area contributed by atoms with Crippen LogP contribution in [0.1, 0.15) is 16.7 Å². The molecule has 3 aromatic carbocycles. The Morgan fingerprint density at radius 2 is 1.67 bits per heavy atom. The van der Waals surface area contributed by atoms with Crippen molar-refractivity contribution >= 4 is 27.8 Å². The lowest BCUT2D eigenvalue weighted by molar-refractivity contribution is 0.481. The predicted molar refractivity (Wildman–Crippen MR) is 100.0 cm³/mol. The van der Waals surface area contributed by atoms with Gasteiger partial charge in [-0.05, 0) is 55.5 Å². The summed E-state index contributed by atoms with van der Waals surface area (Å²) in [5.41, 5.74) is 5.58. The van der Waals surface area contributed by atoms with Crippen LogP contribution in [-0.2, 0) is 0 Å². The van der Waals surface area contributed by atoms with Gasteiger partial charge in [-0.1, -0.05) is 29.8 Å². The van der Waals surface area contributed by atoms with Gasteiger partial charge in [-0.3, -0.25) is 0 Å². The SMILES string of the molecule is CNc1ccc2cc(C)cc(O)c2c1N=Nc1ccc(C)cc1C. The molecule has 4 heteroatoms. The summed E-state index contributed by atoms with van der Waals surface area (Å²) in [4.78, 5) is 0. The van der Waals surface area contributed by atoms with E-state index in [4.69, 9.17) is 0 Å². The molecule has 0 aromatic heterocycles. The Labute approximate surface area is 141 Å². The van der Waals surface area contributed by atoms with Gasteiger partial charge in [0.2, 0.25) is 0 Å². The lowest BCUT2D eigenvalue weighted by Gasteiger charge is -2.11. The summed E-state index contributed by atoms with van der Waals surface area (Å²) in [6, 6.07) is 13.8. The zero-order chi connectivity index (χ0) is 17.3. The van der Waals surface area contributed by atoms with Crippen molar-refractivity contribution in [2.24, 2.45) is 10.2 Å². The maximum atomic E-state index is 10.4. The highest BCUT2D eigenvalue weighted by molar-refractivity contribution is 6.02. The molecule has 0 amide bonds. The molecule has 122 valence electrons. The van der Waals surface area contributed by atoms with Crippen molar-refractivity contribution in [2.45, 2.75) is 20.8 Å². The number of phenols is 1. The molecule has 0 saturated heterocycles. The number of hydrogen-bond acceptors (Lipinski definition) is 4. The molecular formula is C20H21N3O. The number of hydrogen-bond donors (Lipinski definition) is 2. The lowest BCUT2D eigenvalue weighted by atomic mass is 10.0. The predicted octanol–water partition coefficient (Wildman–Crippen LogP) is 5.93. The molecule has 3 aromatic rings. The summed E-state index contributed by atoms with van der Waals surface area (Å²) in [6.45, 7) is 6.03. The van der Waals surface area contributed by atoms with E-state index in [0.717, 1.165) is 27.9 Å². The number of benzene rings is 3. The van der Waals surface area contributed by atoms with Gasteiger partial charge < -0.3 is 10.4 Å². The first-order chi connectivity index (χ1) is 11.5. The van der Waals surface area contributed by atoms with E-state index >= 15 is 0 Å². The van der Waals surface area contributed by atoms with Crippen LogP contribution in [0.2, 0.25) is 0 Å². The Kier molecular flexibility index (Phi) is 4.21. The van der Waals surface area contributed by atoms with E-state index in [2.05, 4.69) is 28.5 Å². The average molecular weight is 319 g/mol. The Bertz CT molecular complexity index is 945. The molecule has 0 radical (unpaired) electrons. The quantitative estimate of drug-likeness (QED) is 0.588. The number of nitrogens with one attached hydrogen (secondary N) is 1. The molecule has 0 aliphatic carbocycles. The van der Waals surface area contributed by atoms with Crippen molar-refractivity contribution < 1.29 is 5.11 Å². The number of aromatic hydroxyl groups is 1. The highest BCUT2D eigenvalue weighted by Crippen LogP contribution is 2.40. The maximum absolute atomic E-state index is 10.4. The highest BCUT2D eigenvalue weighted by Gasteiger charge is 2.11. The minimum Gasteiger partial charge on any atom is -0.507 e. The molecular weight excluding hydrogens is 298 g/mol. The molecule has 0 heterocycles. The minimum absolute atomic E-state index is 0.219. The van der Waals surface area contributed by atoms with Crippen LogP contribution in [0.25, 0.3) is 10.8 Å². The summed E-state index contributed by atoms with van der Waals surface area (Å²) in [5.74, 6) is 0.219. The van der Waals surface area contributed by atoms with Crippen LogP contribution in [-0.4, -0.2) is 12.2 Å². The number of fused-ring (bicyclic) bond motifs is 1. The van der Waals surface area contributed by atoms with Crippen LogP contribution in [0, 0.1) is 20.8 Å². The smallest absolute Gasteiger partial charge is 0.125 e. The van der Waals surface area contributed by atoms with E-state index in [-0.39, 0.29) is 5.75 Å². The standard InChI is InChI=1S/C20H21N3O/c1-12-5-7-16(14(3)9-12)22-23-20-17(21-4)8-6-15-10-13(2)11-18(24)19(15)20/h5-11,21,24H,1-4H3. The summed E-state index contributed by atoms with van der Waals surface area (Å²) < 4.78 is 0. The van der Waals surface area contributed by atoms with Gasteiger partial charge in [0.25, 0.3) is 0 Å². The van der Waals surface area contributed by atoms with E-state index in [0.29, 0.717) is 11.1 Å². The van der Waals surface area contributed by atoms with Gasteiger partial charge in [0.1, 0.15) is 11.4 Å². The van der Waals surface area contributed by atoms with Crippen LogP contribution >= 0.6 is 0 Å². The van der Waals surface area contributed by atoms with Crippen molar-refractivity contribution in [2.75, 3.05) is 12.4 Å². The Balaban J connectivity index is 2.18. The summed E-state index contributed by atoms with van der Waals surface area (Å²) >= 11 is 0. The number of phenolic OH excluding ortho intramolecular Hbond substituents is 1. The second-order valence-corrected chi connectivity index (χ2v) is 6.08. The molecule has 0 unspecified atom stereocenters. The van der Waals surface area contributed by atoms with Crippen LogP contribution in [0.4, 0.5) is 17.1 Å². The molecule has 0 spiro atoms. The van der Waals surface area contributed by atoms with Crippen LogP contribution in [0.15, 0.2) is 52.7 Å². The number of azo groups is 1. The molecule has 0 atom stereocenters. The monoisotopic (exact) mass is 319 g/mol. The molecule has 0 fully saturated rings. The first kappa shape index (κ1) is 16.0. The van der Waals surface area contributed by atoms with Gasteiger partial charge in [0.05, 0.1) is 16.8 Å². The van der Waals surface area contributed by atoms with E-state index in [1.54, 1.807) is 6.07 Å². The van der Waals surface area contributed by atoms with Crippen LogP contribution < -0.4 is 5.32 Å². The summed E-state index contributed by atoms with van der Waals surface area (Å²) in [7, 11) is 1.84. The van der Waals surface area contributed by atoms with Crippen LogP contribution in [0.5, 0.6) is 5.75 Å². The molecule has 4 nitrogen and oxygen atoms in total. The normalized spacial score (nSPS) is 11.3. The van der Waals surface area contributed by atoms with Gasteiger partial charge in [0, 0.05) is 7.05 Å². The second kappa shape index (κ2) is 6.32. The fourth-order valence-electron chi connectivity index (χ4n) is 2.90. The third-order valence-corrected chi connectivity index (χ3v) is 4.09. The van der Waals surface area contributed by atoms with E-state index in [1.165, 1.54) is 5.56 Å². The summed E-state index contributed by atoms with van der Waals surface area (Å²) in [6.07, 6.45) is 0. The lowest BCUT2D eigenvalue weighted by Crippen LogP contribution is -1.90. The number of aryl methyl sites for hydroxylation is 3. The Hall–Kier alpha value is -2.88.